The Morgan fingerprint density at radius 3 is 0.789 bits per heavy atom. The molecule has 0 aliphatic carbocycles. The van der Waals surface area contributed by atoms with Crippen molar-refractivity contribution in [1.82, 2.24) is 0 Å². The molecule has 0 N–H and O–H groups in total. The highest BCUT2D eigenvalue weighted by molar-refractivity contribution is 5.71. The van der Waals surface area contributed by atoms with Crippen LogP contribution in [0.25, 0.3) is 0 Å². The van der Waals surface area contributed by atoms with Crippen molar-refractivity contribution in [2.24, 2.45) is 0 Å². The van der Waals surface area contributed by atoms with Gasteiger partial charge < -0.3 is 14.2 Å². The SMILES string of the molecule is CCCCCC/C=C\C/C=C\CCCCCCCC(=O)OCC(COC(=O)CCCCCCCCCCCCCCCCCCCCCC)OC(=O)CCCCCCCCCCCCCCCCCCC. The number of carbonyl (C=O) groups is 3. The van der Waals surface area contributed by atoms with Gasteiger partial charge in [-0.15, -0.1) is 0 Å². The third-order valence-electron chi connectivity index (χ3n) is 14.5. The second kappa shape index (κ2) is 60.4. The predicted octanol–water partition coefficient (Wildman–Crippen LogP) is 21.4. The lowest BCUT2D eigenvalue weighted by atomic mass is 10.0. The Kier molecular flexibility index (Phi) is 58.6. The number of esters is 3. The van der Waals surface area contributed by atoms with Crippen LogP contribution in [0.15, 0.2) is 24.3 Å². The number of allylic oxidation sites excluding steroid dienone is 4. The highest BCUT2D eigenvalue weighted by atomic mass is 16.6. The summed E-state index contributed by atoms with van der Waals surface area (Å²) in [6.45, 7) is 6.68. The molecule has 0 fully saturated rings. The maximum atomic E-state index is 12.9. The van der Waals surface area contributed by atoms with Gasteiger partial charge in [-0.2, -0.15) is 0 Å². The van der Waals surface area contributed by atoms with E-state index in [0.29, 0.717) is 19.3 Å². The van der Waals surface area contributed by atoms with Gasteiger partial charge in [0.1, 0.15) is 13.2 Å². The van der Waals surface area contributed by atoms with E-state index in [0.717, 1.165) is 77.0 Å². The van der Waals surface area contributed by atoms with Crippen LogP contribution in [0.4, 0.5) is 0 Å². The van der Waals surface area contributed by atoms with E-state index in [9.17, 15) is 14.4 Å². The van der Waals surface area contributed by atoms with E-state index < -0.39 is 6.10 Å². The molecule has 0 radical (unpaired) electrons. The molecule has 0 aliphatic heterocycles. The summed E-state index contributed by atoms with van der Waals surface area (Å²) in [7, 11) is 0. The van der Waals surface area contributed by atoms with Gasteiger partial charge in [0.15, 0.2) is 6.10 Å². The van der Waals surface area contributed by atoms with Crippen molar-refractivity contribution in [3.05, 3.63) is 24.3 Å². The normalized spacial score (nSPS) is 12.1. The third kappa shape index (κ3) is 58.7. The average molecular weight is 1000 g/mol. The Hall–Kier alpha value is -2.11. The first kappa shape index (κ1) is 68.9. The van der Waals surface area contributed by atoms with E-state index in [-0.39, 0.29) is 31.1 Å². The molecule has 0 rings (SSSR count). The van der Waals surface area contributed by atoms with Gasteiger partial charge >= 0.3 is 17.9 Å². The first-order valence-corrected chi connectivity index (χ1v) is 31.8. The number of hydrogen-bond donors (Lipinski definition) is 0. The van der Waals surface area contributed by atoms with Crippen molar-refractivity contribution in [3.63, 3.8) is 0 Å². The van der Waals surface area contributed by atoms with Crippen LogP contribution in [-0.4, -0.2) is 37.2 Å². The van der Waals surface area contributed by atoms with E-state index in [2.05, 4.69) is 45.1 Å². The minimum absolute atomic E-state index is 0.0696. The summed E-state index contributed by atoms with van der Waals surface area (Å²) in [6.07, 6.45) is 71.8. The van der Waals surface area contributed by atoms with Gasteiger partial charge in [0.05, 0.1) is 0 Å². The third-order valence-corrected chi connectivity index (χ3v) is 14.5. The second-order valence-electron chi connectivity index (χ2n) is 21.7. The highest BCUT2D eigenvalue weighted by Crippen LogP contribution is 2.18. The van der Waals surface area contributed by atoms with Crippen molar-refractivity contribution in [3.8, 4) is 0 Å². The van der Waals surface area contributed by atoms with Gasteiger partial charge in [0, 0.05) is 19.3 Å². The van der Waals surface area contributed by atoms with Crippen molar-refractivity contribution in [1.29, 1.82) is 0 Å². The van der Waals surface area contributed by atoms with E-state index in [1.54, 1.807) is 0 Å². The maximum absolute atomic E-state index is 12.9. The molecular weight excluding hydrogens is 877 g/mol. The van der Waals surface area contributed by atoms with E-state index in [1.165, 1.54) is 238 Å². The van der Waals surface area contributed by atoms with Crippen LogP contribution in [0, 0.1) is 0 Å². The maximum Gasteiger partial charge on any atom is 0.306 e. The average Bonchev–Trinajstić information content (AvgIpc) is 3.37. The molecular formula is C65H122O6. The number of hydrogen-bond acceptors (Lipinski definition) is 6. The number of unbranched alkanes of at least 4 members (excludes halogenated alkanes) is 44. The fraction of sp³-hybridized carbons (Fsp3) is 0.892. The minimum Gasteiger partial charge on any atom is -0.462 e. The predicted molar refractivity (Wildman–Crippen MR) is 307 cm³/mol. The lowest BCUT2D eigenvalue weighted by Crippen LogP contribution is -2.30. The first-order valence-electron chi connectivity index (χ1n) is 31.8. The molecule has 0 spiro atoms. The van der Waals surface area contributed by atoms with Crippen LogP contribution in [0.3, 0.4) is 0 Å². The van der Waals surface area contributed by atoms with Crippen molar-refractivity contribution < 1.29 is 28.6 Å². The standard InChI is InChI=1S/C65H122O6/c1-4-7-10-13-16-19-22-25-28-31-32-33-35-37-40-43-46-49-52-55-58-64(67)70-61-62(60-69-63(66)57-54-51-48-45-42-39-36-30-27-24-21-18-15-12-9-6-3)71-65(68)59-56-53-50-47-44-41-38-34-29-26-23-20-17-14-11-8-5-2/h21,24,30,36,62H,4-20,22-23,25-29,31-35,37-61H2,1-3H3/b24-21-,36-30-. The van der Waals surface area contributed by atoms with Crippen LogP contribution in [-0.2, 0) is 28.6 Å². The van der Waals surface area contributed by atoms with Gasteiger partial charge in [-0.25, -0.2) is 0 Å². The summed E-state index contributed by atoms with van der Waals surface area (Å²) in [5, 5.41) is 0. The fourth-order valence-corrected chi connectivity index (χ4v) is 9.65. The van der Waals surface area contributed by atoms with Crippen LogP contribution < -0.4 is 0 Å². The zero-order valence-corrected chi connectivity index (χ0v) is 48.0. The zero-order valence-electron chi connectivity index (χ0n) is 48.0. The van der Waals surface area contributed by atoms with Crippen LogP contribution in [0.1, 0.15) is 355 Å². The number of ether oxygens (including phenoxy) is 3. The van der Waals surface area contributed by atoms with Gasteiger partial charge in [0.25, 0.3) is 0 Å². The summed E-state index contributed by atoms with van der Waals surface area (Å²) in [4.78, 5) is 38.3. The largest absolute Gasteiger partial charge is 0.462 e. The van der Waals surface area contributed by atoms with E-state index in [4.69, 9.17) is 14.2 Å². The molecule has 0 amide bonds. The molecule has 71 heavy (non-hydrogen) atoms. The Bertz CT molecular complexity index is 1150. The Balaban J connectivity index is 4.31. The fourth-order valence-electron chi connectivity index (χ4n) is 9.65. The topological polar surface area (TPSA) is 78.9 Å². The van der Waals surface area contributed by atoms with E-state index >= 15 is 0 Å². The Morgan fingerprint density at radius 2 is 0.507 bits per heavy atom. The second-order valence-corrected chi connectivity index (χ2v) is 21.7. The van der Waals surface area contributed by atoms with Gasteiger partial charge in [-0.3, -0.25) is 14.4 Å². The summed E-state index contributed by atoms with van der Waals surface area (Å²) < 4.78 is 16.9. The van der Waals surface area contributed by atoms with Crippen molar-refractivity contribution >= 4 is 17.9 Å². The van der Waals surface area contributed by atoms with Crippen molar-refractivity contribution in [2.75, 3.05) is 13.2 Å². The van der Waals surface area contributed by atoms with Gasteiger partial charge in [-0.1, -0.05) is 308 Å². The number of carbonyl (C=O) groups excluding carboxylic acids is 3. The molecule has 418 valence electrons. The smallest absolute Gasteiger partial charge is 0.306 e. The zero-order chi connectivity index (χ0) is 51.4. The van der Waals surface area contributed by atoms with Gasteiger partial charge in [0.2, 0.25) is 0 Å². The lowest BCUT2D eigenvalue weighted by Gasteiger charge is -2.18. The Morgan fingerprint density at radius 1 is 0.282 bits per heavy atom. The number of rotatable bonds is 59. The lowest BCUT2D eigenvalue weighted by molar-refractivity contribution is -0.167. The van der Waals surface area contributed by atoms with E-state index in [1.807, 2.05) is 0 Å². The quantitative estimate of drug-likeness (QED) is 0.0261. The summed E-state index contributed by atoms with van der Waals surface area (Å²) >= 11 is 0. The molecule has 0 aromatic rings. The van der Waals surface area contributed by atoms with Crippen molar-refractivity contribution in [2.45, 2.75) is 361 Å². The molecule has 0 heterocycles. The molecule has 6 heteroatoms. The highest BCUT2D eigenvalue weighted by Gasteiger charge is 2.19. The van der Waals surface area contributed by atoms with Crippen LogP contribution >= 0.6 is 0 Å². The molecule has 0 bridgehead atoms. The molecule has 6 nitrogen and oxygen atoms in total. The van der Waals surface area contributed by atoms with Crippen LogP contribution in [0.2, 0.25) is 0 Å². The van der Waals surface area contributed by atoms with Gasteiger partial charge in [-0.05, 0) is 51.4 Å². The van der Waals surface area contributed by atoms with Crippen LogP contribution in [0.5, 0.6) is 0 Å². The monoisotopic (exact) mass is 999 g/mol. The summed E-state index contributed by atoms with van der Waals surface area (Å²) in [5.41, 5.74) is 0. The first-order chi connectivity index (χ1) is 35.0. The summed E-state index contributed by atoms with van der Waals surface area (Å²) in [5.74, 6) is -0.856. The Labute approximate surface area is 443 Å². The molecule has 0 aliphatic rings. The molecule has 0 aromatic carbocycles. The summed E-state index contributed by atoms with van der Waals surface area (Å²) in [6, 6.07) is 0. The minimum atomic E-state index is -0.773. The molecule has 0 saturated heterocycles. The molecule has 1 atom stereocenters. The molecule has 0 saturated carbocycles. The molecule has 0 aromatic heterocycles. The molecule has 1 unspecified atom stereocenters.